The molecule has 0 bridgehead atoms. The molecule has 0 fully saturated rings. The average Bonchev–Trinajstić information content (AvgIpc) is 2.73. The smallest absolute Gasteiger partial charge is 0.191 e. The molecule has 6 nitrogen and oxygen atoms in total. The molecule has 0 saturated heterocycles. The van der Waals surface area contributed by atoms with Crippen LogP contribution >= 0.6 is 0 Å². The number of rotatable bonds is 3. The summed E-state index contributed by atoms with van der Waals surface area (Å²) in [5.41, 5.74) is 3.64. The standard InChI is InChI=1S/C23H18FN5O/c1-13-8-15(10-21(27-13)29(2)3)17-11-18-20(30)6-7-26-23(18)28-22(17)14-4-5-19(24)16(9-14)12-25/h4-11H,1-3H3,(H,26,28,30). The normalized spacial score (nSPS) is 10.8. The molecular formula is C23H18FN5O. The third-order valence-electron chi connectivity index (χ3n) is 4.81. The number of fused-ring (bicyclic) bond motifs is 1. The van der Waals surface area contributed by atoms with Crippen LogP contribution in [-0.4, -0.2) is 29.0 Å². The summed E-state index contributed by atoms with van der Waals surface area (Å²) in [5.74, 6) is 0.168. The van der Waals surface area contributed by atoms with E-state index in [0.717, 1.165) is 17.1 Å². The first-order valence-electron chi connectivity index (χ1n) is 9.26. The minimum absolute atomic E-state index is 0.0678. The van der Waals surface area contributed by atoms with Gasteiger partial charge in [0, 0.05) is 43.2 Å². The first kappa shape index (κ1) is 19.3. The highest BCUT2D eigenvalue weighted by Crippen LogP contribution is 2.34. The Hall–Kier alpha value is -4.05. The van der Waals surface area contributed by atoms with Crippen LogP contribution in [0, 0.1) is 24.1 Å². The van der Waals surface area contributed by atoms with Gasteiger partial charge in [-0.25, -0.2) is 14.4 Å². The molecule has 4 aromatic rings. The van der Waals surface area contributed by atoms with Gasteiger partial charge < -0.3 is 9.88 Å². The number of aromatic nitrogens is 3. The van der Waals surface area contributed by atoms with Crippen LogP contribution in [0.15, 0.2) is 53.5 Å². The van der Waals surface area contributed by atoms with Crippen molar-refractivity contribution < 1.29 is 4.39 Å². The molecule has 0 aliphatic rings. The summed E-state index contributed by atoms with van der Waals surface area (Å²) < 4.78 is 13.9. The van der Waals surface area contributed by atoms with E-state index in [4.69, 9.17) is 0 Å². The van der Waals surface area contributed by atoms with E-state index in [2.05, 4.69) is 15.0 Å². The molecule has 0 unspecified atom stereocenters. The second-order valence-corrected chi connectivity index (χ2v) is 7.18. The van der Waals surface area contributed by atoms with Gasteiger partial charge in [-0.05, 0) is 48.9 Å². The maximum Gasteiger partial charge on any atom is 0.191 e. The van der Waals surface area contributed by atoms with E-state index in [9.17, 15) is 14.4 Å². The number of hydrogen-bond acceptors (Lipinski definition) is 5. The summed E-state index contributed by atoms with van der Waals surface area (Å²) >= 11 is 0. The van der Waals surface area contributed by atoms with Crippen LogP contribution in [0.5, 0.6) is 0 Å². The molecule has 3 heterocycles. The van der Waals surface area contributed by atoms with Gasteiger partial charge in [0.05, 0.1) is 16.6 Å². The number of hydrogen-bond donors (Lipinski definition) is 1. The molecule has 0 aliphatic heterocycles. The fourth-order valence-corrected chi connectivity index (χ4v) is 3.33. The lowest BCUT2D eigenvalue weighted by Gasteiger charge is -2.16. The average molecular weight is 399 g/mol. The van der Waals surface area contributed by atoms with Crippen LogP contribution in [0.2, 0.25) is 0 Å². The van der Waals surface area contributed by atoms with Crippen molar-refractivity contribution in [1.29, 1.82) is 5.26 Å². The van der Waals surface area contributed by atoms with Crippen molar-refractivity contribution in [3.8, 4) is 28.5 Å². The molecule has 148 valence electrons. The first-order valence-corrected chi connectivity index (χ1v) is 9.26. The molecule has 1 N–H and O–H groups in total. The van der Waals surface area contributed by atoms with Crippen molar-refractivity contribution in [2.45, 2.75) is 6.92 Å². The van der Waals surface area contributed by atoms with Gasteiger partial charge in [0.1, 0.15) is 23.4 Å². The lowest BCUT2D eigenvalue weighted by atomic mass is 9.97. The van der Waals surface area contributed by atoms with Gasteiger partial charge in [-0.2, -0.15) is 5.26 Å². The van der Waals surface area contributed by atoms with Crippen LogP contribution in [-0.2, 0) is 0 Å². The number of nitriles is 1. The molecular weight excluding hydrogens is 381 g/mol. The largest absolute Gasteiger partial charge is 0.363 e. The Balaban J connectivity index is 2.08. The second kappa shape index (κ2) is 7.41. The third kappa shape index (κ3) is 3.40. The maximum atomic E-state index is 13.9. The predicted octanol–water partition coefficient (Wildman–Crippen LogP) is 4.04. The molecule has 0 spiro atoms. The number of nitrogens with zero attached hydrogens (tertiary/aromatic N) is 4. The van der Waals surface area contributed by atoms with Crippen LogP contribution in [0.4, 0.5) is 10.2 Å². The number of anilines is 1. The zero-order valence-electron chi connectivity index (χ0n) is 16.7. The molecule has 0 radical (unpaired) electrons. The van der Waals surface area contributed by atoms with E-state index in [1.807, 2.05) is 44.1 Å². The summed E-state index contributed by atoms with van der Waals surface area (Å²) in [5, 5.41) is 9.69. The van der Waals surface area contributed by atoms with Gasteiger partial charge in [0.25, 0.3) is 0 Å². The fraction of sp³-hybridized carbons (Fsp3) is 0.130. The molecule has 0 amide bonds. The zero-order chi connectivity index (χ0) is 21.4. The molecule has 7 heteroatoms. The zero-order valence-corrected chi connectivity index (χ0v) is 16.7. The summed E-state index contributed by atoms with van der Waals surface area (Å²) in [7, 11) is 3.80. The number of pyridine rings is 3. The highest BCUT2D eigenvalue weighted by atomic mass is 19.1. The maximum absolute atomic E-state index is 13.9. The van der Waals surface area contributed by atoms with E-state index in [0.29, 0.717) is 27.9 Å². The van der Waals surface area contributed by atoms with E-state index >= 15 is 0 Å². The van der Waals surface area contributed by atoms with Crippen molar-refractivity contribution in [3.05, 3.63) is 76.0 Å². The van der Waals surface area contributed by atoms with Gasteiger partial charge in [-0.3, -0.25) is 4.79 Å². The number of H-pyrrole nitrogens is 1. The van der Waals surface area contributed by atoms with E-state index in [1.54, 1.807) is 12.1 Å². The number of aryl methyl sites for hydroxylation is 1. The van der Waals surface area contributed by atoms with Gasteiger partial charge >= 0.3 is 0 Å². The number of halogens is 1. The lowest BCUT2D eigenvalue weighted by Crippen LogP contribution is -2.11. The van der Waals surface area contributed by atoms with Crippen molar-refractivity contribution in [2.24, 2.45) is 0 Å². The van der Waals surface area contributed by atoms with Crippen molar-refractivity contribution in [2.75, 3.05) is 19.0 Å². The Morgan fingerprint density at radius 1 is 1.07 bits per heavy atom. The summed E-state index contributed by atoms with van der Waals surface area (Å²) in [6.07, 6.45) is 1.53. The van der Waals surface area contributed by atoms with E-state index in [-0.39, 0.29) is 11.0 Å². The summed E-state index contributed by atoms with van der Waals surface area (Å²) in [6, 6.07) is 13.2. The van der Waals surface area contributed by atoms with Crippen molar-refractivity contribution >= 4 is 16.9 Å². The Morgan fingerprint density at radius 3 is 2.60 bits per heavy atom. The van der Waals surface area contributed by atoms with Crippen molar-refractivity contribution in [1.82, 2.24) is 15.0 Å². The number of aromatic amines is 1. The van der Waals surface area contributed by atoms with Crippen LogP contribution in [0.3, 0.4) is 0 Å². The molecule has 1 aromatic carbocycles. The minimum Gasteiger partial charge on any atom is -0.363 e. The second-order valence-electron chi connectivity index (χ2n) is 7.18. The van der Waals surface area contributed by atoms with Gasteiger partial charge in [0.2, 0.25) is 0 Å². The molecule has 30 heavy (non-hydrogen) atoms. The highest BCUT2D eigenvalue weighted by Gasteiger charge is 2.16. The minimum atomic E-state index is -0.591. The lowest BCUT2D eigenvalue weighted by molar-refractivity contribution is 0.624. The van der Waals surface area contributed by atoms with E-state index in [1.165, 1.54) is 24.4 Å². The Morgan fingerprint density at radius 2 is 1.87 bits per heavy atom. The van der Waals surface area contributed by atoms with Crippen molar-refractivity contribution in [3.63, 3.8) is 0 Å². The van der Waals surface area contributed by atoms with Crippen LogP contribution in [0.1, 0.15) is 11.3 Å². The third-order valence-corrected chi connectivity index (χ3v) is 4.81. The van der Waals surface area contributed by atoms with Gasteiger partial charge in [0.15, 0.2) is 5.43 Å². The fourth-order valence-electron chi connectivity index (χ4n) is 3.33. The molecule has 4 rings (SSSR count). The van der Waals surface area contributed by atoms with Crippen LogP contribution in [0.25, 0.3) is 33.4 Å². The quantitative estimate of drug-likeness (QED) is 0.562. The topological polar surface area (TPSA) is 85.7 Å². The van der Waals surface area contributed by atoms with E-state index < -0.39 is 5.82 Å². The van der Waals surface area contributed by atoms with Gasteiger partial charge in [-0.15, -0.1) is 0 Å². The highest BCUT2D eigenvalue weighted by molar-refractivity contribution is 5.90. The Kier molecular flexibility index (Phi) is 4.76. The molecule has 0 atom stereocenters. The summed E-state index contributed by atoms with van der Waals surface area (Å²) in [6.45, 7) is 1.89. The first-order chi connectivity index (χ1) is 14.4. The molecule has 0 saturated carbocycles. The number of benzene rings is 1. The van der Waals surface area contributed by atoms with Crippen LogP contribution < -0.4 is 10.3 Å². The Labute approximate surface area is 172 Å². The van der Waals surface area contributed by atoms with Gasteiger partial charge in [-0.1, -0.05) is 0 Å². The SMILES string of the molecule is Cc1cc(-c2cc3c(=O)cc[nH]c3nc2-c2ccc(F)c(C#N)c2)cc(N(C)C)n1. The monoisotopic (exact) mass is 399 g/mol. The summed E-state index contributed by atoms with van der Waals surface area (Å²) in [4.78, 5) is 26.5. The predicted molar refractivity (Wildman–Crippen MR) is 115 cm³/mol. The molecule has 3 aromatic heterocycles. The Bertz CT molecular complexity index is 1380. The number of nitrogens with one attached hydrogen (secondary N) is 1. The molecule has 0 aliphatic carbocycles.